The van der Waals surface area contributed by atoms with Crippen LogP contribution in [0.5, 0.6) is 0 Å². The Morgan fingerprint density at radius 3 is 3.05 bits per heavy atom. The fraction of sp³-hybridized carbons (Fsp3) is 0.333. The Balaban J connectivity index is 1.67. The Kier molecular flexibility index (Phi) is 3.18. The summed E-state index contributed by atoms with van der Waals surface area (Å²) in [5.74, 6) is 0.271. The van der Waals surface area contributed by atoms with Gasteiger partial charge in [-0.3, -0.25) is 9.48 Å². The van der Waals surface area contributed by atoms with Crippen molar-refractivity contribution in [3.05, 3.63) is 41.7 Å². The first kappa shape index (κ1) is 12.7. The van der Waals surface area contributed by atoms with Crippen molar-refractivity contribution in [2.45, 2.75) is 19.3 Å². The molecule has 1 amide bonds. The maximum Gasteiger partial charge on any atom is 0.225 e. The van der Waals surface area contributed by atoms with Gasteiger partial charge in [-0.15, -0.1) is 0 Å². The van der Waals surface area contributed by atoms with Gasteiger partial charge < -0.3 is 10.6 Å². The van der Waals surface area contributed by atoms with Gasteiger partial charge in [-0.05, 0) is 18.6 Å². The van der Waals surface area contributed by atoms with E-state index in [2.05, 4.69) is 27.9 Å². The van der Waals surface area contributed by atoms with Crippen LogP contribution in [0.15, 0.2) is 30.5 Å². The second kappa shape index (κ2) is 5.00. The van der Waals surface area contributed by atoms with Crippen LogP contribution in [0.3, 0.4) is 0 Å². The second-order valence-corrected chi connectivity index (χ2v) is 5.22. The van der Waals surface area contributed by atoms with Crippen LogP contribution in [-0.4, -0.2) is 22.2 Å². The third-order valence-electron chi connectivity index (χ3n) is 3.66. The summed E-state index contributed by atoms with van der Waals surface area (Å²) in [4.78, 5) is 12.2. The lowest BCUT2D eigenvalue weighted by Crippen LogP contribution is -2.16. The minimum atomic E-state index is 0.0320. The molecular formula is C15H18N4O. The van der Waals surface area contributed by atoms with Gasteiger partial charge in [0, 0.05) is 37.8 Å². The van der Waals surface area contributed by atoms with Gasteiger partial charge in [0.2, 0.25) is 5.91 Å². The molecule has 1 aromatic heterocycles. The monoisotopic (exact) mass is 270 g/mol. The second-order valence-electron chi connectivity index (χ2n) is 5.22. The van der Waals surface area contributed by atoms with Crippen molar-refractivity contribution in [2.24, 2.45) is 7.05 Å². The molecule has 0 saturated carbocycles. The number of hydrogen-bond acceptors (Lipinski definition) is 3. The first-order valence-corrected chi connectivity index (χ1v) is 6.76. The molecule has 0 spiro atoms. The molecule has 1 aromatic carbocycles. The molecule has 104 valence electrons. The standard InChI is InChI=1S/C15H18N4O/c1-10-14(9-19(2)18-10)17-15(20)7-11-8-16-13-6-4-3-5-12(11)13/h3-6,9,11,16H,7-8H2,1-2H3,(H,17,20). The Morgan fingerprint density at radius 2 is 2.30 bits per heavy atom. The molecule has 0 saturated heterocycles. The number of hydrogen-bond donors (Lipinski definition) is 2. The Hall–Kier alpha value is -2.30. The van der Waals surface area contributed by atoms with E-state index in [0.717, 1.165) is 23.6 Å². The van der Waals surface area contributed by atoms with Crippen LogP contribution in [0.25, 0.3) is 0 Å². The summed E-state index contributed by atoms with van der Waals surface area (Å²) in [5, 5.41) is 10.5. The molecule has 3 rings (SSSR count). The number of carbonyl (C=O) groups excluding carboxylic acids is 1. The number of fused-ring (bicyclic) bond motifs is 1. The predicted molar refractivity (Wildman–Crippen MR) is 78.9 cm³/mol. The number of aryl methyl sites for hydroxylation is 2. The molecule has 0 aliphatic carbocycles. The Labute approximate surface area is 118 Å². The minimum absolute atomic E-state index is 0.0320. The first-order valence-electron chi connectivity index (χ1n) is 6.76. The van der Waals surface area contributed by atoms with Crippen LogP contribution >= 0.6 is 0 Å². The van der Waals surface area contributed by atoms with E-state index in [1.54, 1.807) is 4.68 Å². The maximum atomic E-state index is 12.2. The molecule has 5 nitrogen and oxygen atoms in total. The SMILES string of the molecule is Cc1nn(C)cc1NC(=O)CC1CNc2ccccc21. The van der Waals surface area contributed by atoms with E-state index in [4.69, 9.17) is 0 Å². The fourth-order valence-electron chi connectivity index (χ4n) is 2.69. The quantitative estimate of drug-likeness (QED) is 0.899. The van der Waals surface area contributed by atoms with Crippen LogP contribution < -0.4 is 10.6 Å². The van der Waals surface area contributed by atoms with Crippen molar-refractivity contribution in [3.63, 3.8) is 0 Å². The highest BCUT2D eigenvalue weighted by Crippen LogP contribution is 2.33. The Bertz CT molecular complexity index is 647. The van der Waals surface area contributed by atoms with Crippen LogP contribution in [0.2, 0.25) is 0 Å². The van der Waals surface area contributed by atoms with Crippen LogP contribution in [0.1, 0.15) is 23.6 Å². The number of amides is 1. The lowest BCUT2D eigenvalue weighted by molar-refractivity contribution is -0.116. The molecule has 0 fully saturated rings. The number of nitrogens with one attached hydrogen (secondary N) is 2. The summed E-state index contributed by atoms with van der Waals surface area (Å²) in [5.41, 5.74) is 4.00. The van der Waals surface area contributed by atoms with Gasteiger partial charge in [0.05, 0.1) is 11.4 Å². The lowest BCUT2D eigenvalue weighted by atomic mass is 9.97. The van der Waals surface area contributed by atoms with Gasteiger partial charge in [0.25, 0.3) is 0 Å². The van der Waals surface area contributed by atoms with Crippen molar-refractivity contribution < 1.29 is 4.79 Å². The summed E-state index contributed by atoms with van der Waals surface area (Å²) in [7, 11) is 1.85. The van der Waals surface area contributed by atoms with Gasteiger partial charge in [0.15, 0.2) is 0 Å². The number of anilines is 2. The summed E-state index contributed by atoms with van der Waals surface area (Å²) in [6, 6.07) is 8.16. The summed E-state index contributed by atoms with van der Waals surface area (Å²) in [6.07, 6.45) is 2.31. The Morgan fingerprint density at radius 1 is 1.50 bits per heavy atom. The zero-order chi connectivity index (χ0) is 14.1. The molecule has 1 unspecified atom stereocenters. The largest absolute Gasteiger partial charge is 0.384 e. The zero-order valence-electron chi connectivity index (χ0n) is 11.7. The smallest absolute Gasteiger partial charge is 0.225 e. The van der Waals surface area contributed by atoms with E-state index in [-0.39, 0.29) is 11.8 Å². The highest BCUT2D eigenvalue weighted by molar-refractivity contribution is 5.92. The first-order chi connectivity index (χ1) is 9.63. The molecule has 1 aliphatic rings. The minimum Gasteiger partial charge on any atom is -0.384 e. The fourth-order valence-corrected chi connectivity index (χ4v) is 2.69. The van der Waals surface area contributed by atoms with Gasteiger partial charge >= 0.3 is 0 Å². The van der Waals surface area contributed by atoms with E-state index in [1.807, 2.05) is 32.3 Å². The molecular weight excluding hydrogens is 252 g/mol. The molecule has 1 aliphatic heterocycles. The van der Waals surface area contributed by atoms with Crippen molar-refractivity contribution in [3.8, 4) is 0 Å². The van der Waals surface area contributed by atoms with E-state index >= 15 is 0 Å². The number of benzene rings is 1. The van der Waals surface area contributed by atoms with E-state index < -0.39 is 0 Å². The van der Waals surface area contributed by atoms with Gasteiger partial charge in [-0.2, -0.15) is 5.10 Å². The lowest BCUT2D eigenvalue weighted by Gasteiger charge is -2.10. The summed E-state index contributed by atoms with van der Waals surface area (Å²) < 4.78 is 1.71. The van der Waals surface area contributed by atoms with E-state index in [0.29, 0.717) is 6.42 Å². The zero-order valence-corrected chi connectivity index (χ0v) is 11.7. The third kappa shape index (κ3) is 2.39. The normalized spacial score (nSPS) is 16.6. The number of aromatic nitrogens is 2. The molecule has 5 heteroatoms. The molecule has 2 heterocycles. The average Bonchev–Trinajstić information content (AvgIpc) is 2.94. The highest BCUT2D eigenvalue weighted by Gasteiger charge is 2.24. The molecule has 0 bridgehead atoms. The highest BCUT2D eigenvalue weighted by atomic mass is 16.1. The van der Waals surface area contributed by atoms with Gasteiger partial charge in [-0.1, -0.05) is 18.2 Å². The van der Waals surface area contributed by atoms with Crippen molar-refractivity contribution in [2.75, 3.05) is 17.2 Å². The molecule has 0 radical (unpaired) electrons. The number of nitrogens with zero attached hydrogens (tertiary/aromatic N) is 2. The van der Waals surface area contributed by atoms with E-state index in [9.17, 15) is 4.79 Å². The number of rotatable bonds is 3. The summed E-state index contributed by atoms with van der Waals surface area (Å²) >= 11 is 0. The van der Waals surface area contributed by atoms with Crippen LogP contribution in [0, 0.1) is 6.92 Å². The molecule has 2 N–H and O–H groups in total. The summed E-state index contributed by atoms with van der Waals surface area (Å²) in [6.45, 7) is 2.71. The predicted octanol–water partition coefficient (Wildman–Crippen LogP) is 2.27. The molecule has 20 heavy (non-hydrogen) atoms. The van der Waals surface area contributed by atoms with Crippen molar-refractivity contribution in [1.29, 1.82) is 0 Å². The topological polar surface area (TPSA) is 59.0 Å². The number of carbonyl (C=O) groups is 1. The van der Waals surface area contributed by atoms with Gasteiger partial charge in [-0.25, -0.2) is 0 Å². The number of para-hydroxylation sites is 1. The van der Waals surface area contributed by atoms with E-state index in [1.165, 1.54) is 5.56 Å². The van der Waals surface area contributed by atoms with Crippen molar-refractivity contribution >= 4 is 17.3 Å². The van der Waals surface area contributed by atoms with Crippen LogP contribution in [0.4, 0.5) is 11.4 Å². The van der Waals surface area contributed by atoms with Crippen LogP contribution in [-0.2, 0) is 11.8 Å². The molecule has 1 atom stereocenters. The van der Waals surface area contributed by atoms with Gasteiger partial charge in [0.1, 0.15) is 0 Å². The maximum absolute atomic E-state index is 12.2. The molecule has 2 aromatic rings. The van der Waals surface area contributed by atoms with Crippen molar-refractivity contribution in [1.82, 2.24) is 9.78 Å². The third-order valence-corrected chi connectivity index (χ3v) is 3.66. The average molecular weight is 270 g/mol.